The van der Waals surface area contributed by atoms with Crippen molar-refractivity contribution in [1.82, 2.24) is 24.1 Å². The maximum Gasteiger partial charge on any atom is 0.154 e. The normalized spacial score (nSPS) is 16.6. The fraction of sp³-hybridized carbons (Fsp3) is 0.381. The first kappa shape index (κ1) is 19.6. The van der Waals surface area contributed by atoms with Crippen molar-refractivity contribution in [2.24, 2.45) is 18.2 Å². The van der Waals surface area contributed by atoms with E-state index in [1.54, 1.807) is 11.7 Å². The van der Waals surface area contributed by atoms with Crippen molar-refractivity contribution in [2.75, 3.05) is 24.5 Å². The van der Waals surface area contributed by atoms with Gasteiger partial charge in [0, 0.05) is 38.1 Å². The second kappa shape index (κ2) is 7.11. The highest BCUT2D eigenvalue weighted by Gasteiger charge is 2.30. The number of hydrogen-bond donors (Lipinski definition) is 1. The number of nitrogens with zero attached hydrogens (tertiary/aromatic N) is 6. The number of halogens is 2. The van der Waals surface area contributed by atoms with E-state index in [0.29, 0.717) is 16.7 Å². The summed E-state index contributed by atoms with van der Waals surface area (Å²) in [5.74, 6) is 1.69. The molecule has 0 aliphatic carbocycles. The van der Waals surface area contributed by atoms with Crippen LogP contribution in [-0.4, -0.2) is 43.8 Å². The molecule has 3 aromatic heterocycles. The van der Waals surface area contributed by atoms with Crippen molar-refractivity contribution in [3.8, 4) is 11.4 Å². The van der Waals surface area contributed by atoms with E-state index in [1.165, 1.54) is 0 Å². The Morgan fingerprint density at radius 2 is 1.93 bits per heavy atom. The molecule has 30 heavy (non-hydrogen) atoms. The lowest BCUT2D eigenvalue weighted by Gasteiger charge is -2.39. The lowest BCUT2D eigenvalue weighted by Crippen LogP contribution is -2.42. The SMILES string of the molecule is Cn1nc2ccc(-c3ncc4c(N5CCC(C)(CN)CC5)nccn34)c(Cl)c2c1Cl. The Labute approximate surface area is 184 Å². The molecule has 7 nitrogen and oxygen atoms in total. The van der Waals surface area contributed by atoms with Gasteiger partial charge >= 0.3 is 0 Å². The van der Waals surface area contributed by atoms with E-state index < -0.39 is 0 Å². The van der Waals surface area contributed by atoms with Crippen LogP contribution in [0.1, 0.15) is 19.8 Å². The molecule has 1 fully saturated rings. The van der Waals surface area contributed by atoms with E-state index in [2.05, 4.69) is 21.9 Å². The van der Waals surface area contributed by atoms with Crippen LogP contribution in [0.5, 0.6) is 0 Å². The molecular formula is C21H23Cl2N7. The van der Waals surface area contributed by atoms with Gasteiger partial charge in [-0.25, -0.2) is 9.97 Å². The second-order valence-corrected chi connectivity index (χ2v) is 9.06. The first-order chi connectivity index (χ1) is 14.4. The average Bonchev–Trinajstić information content (AvgIpc) is 3.30. The molecule has 4 aromatic rings. The van der Waals surface area contributed by atoms with Crippen LogP contribution in [0, 0.1) is 5.41 Å². The molecule has 0 atom stereocenters. The van der Waals surface area contributed by atoms with Crippen molar-refractivity contribution in [1.29, 1.82) is 0 Å². The third kappa shape index (κ3) is 2.95. The predicted octanol–water partition coefficient (Wildman–Crippen LogP) is 4.16. The molecule has 1 aliphatic heterocycles. The summed E-state index contributed by atoms with van der Waals surface area (Å²) in [6.07, 6.45) is 7.69. The number of nitrogens with two attached hydrogens (primary N) is 1. The molecule has 4 heterocycles. The van der Waals surface area contributed by atoms with Gasteiger partial charge in [-0.05, 0) is 36.9 Å². The molecule has 9 heteroatoms. The molecule has 0 spiro atoms. The standard InChI is InChI=1S/C21H23Cl2N7/c1-21(12-24)5-8-29(9-6-21)20-15-11-26-19(30(15)10-7-25-20)13-3-4-14-16(17(13)22)18(23)28(2)27-14/h3-4,7,10-11H,5-6,8-9,12,24H2,1-2H3. The van der Waals surface area contributed by atoms with Crippen LogP contribution in [0.25, 0.3) is 27.8 Å². The third-order valence-electron chi connectivity index (χ3n) is 6.31. The Balaban J connectivity index is 1.59. The number of hydrogen-bond acceptors (Lipinski definition) is 5. The fourth-order valence-corrected chi connectivity index (χ4v) is 4.82. The Morgan fingerprint density at radius 1 is 1.17 bits per heavy atom. The van der Waals surface area contributed by atoms with E-state index in [4.69, 9.17) is 33.9 Å². The van der Waals surface area contributed by atoms with Crippen LogP contribution in [0.15, 0.2) is 30.7 Å². The minimum atomic E-state index is 0.207. The van der Waals surface area contributed by atoms with Crippen LogP contribution in [0.3, 0.4) is 0 Å². The number of piperidine rings is 1. The summed E-state index contributed by atoms with van der Waals surface area (Å²) < 4.78 is 3.66. The number of anilines is 1. The Morgan fingerprint density at radius 3 is 2.67 bits per heavy atom. The Hall–Kier alpha value is -2.35. The van der Waals surface area contributed by atoms with Crippen molar-refractivity contribution >= 4 is 45.4 Å². The molecule has 0 bridgehead atoms. The van der Waals surface area contributed by atoms with Gasteiger partial charge in [0.1, 0.15) is 16.5 Å². The summed E-state index contributed by atoms with van der Waals surface area (Å²) >= 11 is 13.2. The van der Waals surface area contributed by atoms with Gasteiger partial charge in [-0.15, -0.1) is 0 Å². The molecule has 1 aliphatic rings. The van der Waals surface area contributed by atoms with Gasteiger partial charge in [0.05, 0.1) is 22.1 Å². The zero-order valence-corrected chi connectivity index (χ0v) is 18.5. The van der Waals surface area contributed by atoms with E-state index in [9.17, 15) is 0 Å². The Bertz CT molecular complexity index is 1250. The topological polar surface area (TPSA) is 77.3 Å². The molecule has 5 rings (SSSR count). The average molecular weight is 444 g/mol. The van der Waals surface area contributed by atoms with Gasteiger partial charge in [0.15, 0.2) is 5.82 Å². The molecule has 2 N–H and O–H groups in total. The summed E-state index contributed by atoms with van der Waals surface area (Å²) in [5.41, 5.74) is 8.70. The van der Waals surface area contributed by atoms with Gasteiger partial charge in [-0.3, -0.25) is 9.08 Å². The van der Waals surface area contributed by atoms with Gasteiger partial charge in [-0.2, -0.15) is 5.10 Å². The second-order valence-electron chi connectivity index (χ2n) is 8.33. The van der Waals surface area contributed by atoms with Gasteiger partial charge in [-0.1, -0.05) is 30.1 Å². The van der Waals surface area contributed by atoms with E-state index in [-0.39, 0.29) is 5.41 Å². The number of imidazole rings is 1. The maximum absolute atomic E-state index is 6.76. The van der Waals surface area contributed by atoms with Crippen LogP contribution >= 0.6 is 23.2 Å². The van der Waals surface area contributed by atoms with Gasteiger partial charge in [0.2, 0.25) is 0 Å². The maximum atomic E-state index is 6.76. The molecule has 1 saturated heterocycles. The van der Waals surface area contributed by atoms with Crippen LogP contribution < -0.4 is 10.6 Å². The van der Waals surface area contributed by atoms with Crippen LogP contribution in [-0.2, 0) is 7.05 Å². The summed E-state index contributed by atoms with van der Waals surface area (Å²) in [6, 6.07) is 3.86. The highest BCUT2D eigenvalue weighted by Crippen LogP contribution is 2.38. The smallest absolute Gasteiger partial charge is 0.154 e. The zero-order chi connectivity index (χ0) is 21.0. The zero-order valence-electron chi connectivity index (χ0n) is 16.9. The van der Waals surface area contributed by atoms with Crippen molar-refractivity contribution < 1.29 is 0 Å². The molecular weight excluding hydrogens is 421 g/mol. The summed E-state index contributed by atoms with van der Waals surface area (Å²) in [6.45, 7) is 4.84. The number of aryl methyl sites for hydroxylation is 1. The van der Waals surface area contributed by atoms with Crippen molar-refractivity contribution in [3.63, 3.8) is 0 Å². The predicted molar refractivity (Wildman–Crippen MR) is 121 cm³/mol. The molecule has 0 unspecified atom stereocenters. The summed E-state index contributed by atoms with van der Waals surface area (Å²) in [5, 5.41) is 6.20. The third-order valence-corrected chi connectivity index (χ3v) is 7.14. The van der Waals surface area contributed by atoms with E-state index >= 15 is 0 Å². The molecule has 1 aromatic carbocycles. The summed E-state index contributed by atoms with van der Waals surface area (Å²) in [4.78, 5) is 11.7. The number of rotatable bonds is 3. The lowest BCUT2D eigenvalue weighted by atomic mass is 9.80. The minimum Gasteiger partial charge on any atom is -0.355 e. The molecule has 0 radical (unpaired) electrons. The quantitative estimate of drug-likeness (QED) is 0.514. The monoisotopic (exact) mass is 443 g/mol. The van der Waals surface area contributed by atoms with Crippen molar-refractivity contribution in [3.05, 3.63) is 40.9 Å². The molecule has 0 amide bonds. The Kier molecular flexibility index (Phi) is 4.65. The fourth-order valence-electron chi connectivity index (χ4n) is 4.20. The lowest BCUT2D eigenvalue weighted by molar-refractivity contribution is 0.258. The number of fused-ring (bicyclic) bond motifs is 2. The van der Waals surface area contributed by atoms with Crippen LogP contribution in [0.4, 0.5) is 5.82 Å². The minimum absolute atomic E-state index is 0.207. The molecule has 156 valence electrons. The van der Waals surface area contributed by atoms with Crippen molar-refractivity contribution in [2.45, 2.75) is 19.8 Å². The van der Waals surface area contributed by atoms with E-state index in [0.717, 1.165) is 59.6 Å². The van der Waals surface area contributed by atoms with Gasteiger partial charge in [0.25, 0.3) is 0 Å². The highest BCUT2D eigenvalue weighted by molar-refractivity contribution is 6.43. The first-order valence-corrected chi connectivity index (χ1v) is 10.8. The highest BCUT2D eigenvalue weighted by atomic mass is 35.5. The van der Waals surface area contributed by atoms with Gasteiger partial charge < -0.3 is 10.6 Å². The number of aromatic nitrogens is 5. The van der Waals surface area contributed by atoms with E-state index in [1.807, 2.05) is 35.1 Å². The van der Waals surface area contributed by atoms with Crippen LogP contribution in [0.2, 0.25) is 10.2 Å². The first-order valence-electron chi connectivity index (χ1n) is 10.00. The molecule has 0 saturated carbocycles. The largest absolute Gasteiger partial charge is 0.355 e. The summed E-state index contributed by atoms with van der Waals surface area (Å²) in [7, 11) is 1.80. The number of benzene rings is 1.